The zero-order valence-electron chi connectivity index (χ0n) is 9.55. The van der Waals surface area contributed by atoms with Crippen molar-refractivity contribution in [3.63, 3.8) is 0 Å². The molecule has 0 aliphatic carbocycles. The summed E-state index contributed by atoms with van der Waals surface area (Å²) in [5.41, 5.74) is 1.31. The highest BCUT2D eigenvalue weighted by molar-refractivity contribution is 5.96. The summed E-state index contributed by atoms with van der Waals surface area (Å²) in [4.78, 5) is 13.7. The van der Waals surface area contributed by atoms with Gasteiger partial charge in [-0.1, -0.05) is 42.5 Å². The van der Waals surface area contributed by atoms with Crippen molar-refractivity contribution in [2.45, 2.75) is 0 Å². The number of rotatable bonds is 1. The molecule has 18 heavy (non-hydrogen) atoms. The number of benzene rings is 2. The van der Waals surface area contributed by atoms with E-state index in [0.29, 0.717) is 0 Å². The Morgan fingerprint density at radius 3 is 2.61 bits per heavy atom. The van der Waals surface area contributed by atoms with Gasteiger partial charge >= 0.3 is 0 Å². The lowest BCUT2D eigenvalue weighted by Crippen LogP contribution is -2.03. The zero-order chi connectivity index (χ0) is 12.5. The molecule has 3 heteroatoms. The van der Waals surface area contributed by atoms with E-state index in [1.54, 1.807) is 6.20 Å². The Kier molecular flexibility index (Phi) is 2.38. The molecule has 1 heterocycles. The predicted molar refractivity (Wildman–Crippen MR) is 71.7 cm³/mol. The second kappa shape index (κ2) is 4.04. The van der Waals surface area contributed by atoms with Gasteiger partial charge in [-0.05, 0) is 22.4 Å². The lowest BCUT2D eigenvalue weighted by atomic mass is 9.99. The highest BCUT2D eigenvalue weighted by Gasteiger charge is 2.05. The first-order valence-corrected chi connectivity index (χ1v) is 5.65. The number of hydrogen-bond donors (Lipinski definition) is 2. The molecule has 1 aromatic heterocycles. The Balaban J connectivity index is 2.31. The van der Waals surface area contributed by atoms with Crippen molar-refractivity contribution in [3.8, 4) is 16.9 Å². The minimum atomic E-state index is -0.473. The first kappa shape index (κ1) is 10.6. The average molecular weight is 237 g/mol. The van der Waals surface area contributed by atoms with Gasteiger partial charge in [0.1, 0.15) is 0 Å². The van der Waals surface area contributed by atoms with Gasteiger partial charge in [-0.15, -0.1) is 0 Å². The van der Waals surface area contributed by atoms with Crippen LogP contribution < -0.4 is 5.56 Å². The maximum absolute atomic E-state index is 11.2. The summed E-state index contributed by atoms with van der Waals surface area (Å²) >= 11 is 0. The molecule has 0 amide bonds. The number of aromatic hydroxyl groups is 1. The smallest absolute Gasteiger partial charge is 0.290 e. The highest BCUT2D eigenvalue weighted by atomic mass is 16.3. The van der Waals surface area contributed by atoms with Crippen LogP contribution in [0.2, 0.25) is 0 Å². The van der Waals surface area contributed by atoms with Gasteiger partial charge in [-0.25, -0.2) is 0 Å². The number of H-pyrrole nitrogens is 1. The summed E-state index contributed by atoms with van der Waals surface area (Å²) in [5.74, 6) is -0.263. The molecule has 0 aliphatic rings. The molecule has 0 bridgehead atoms. The molecule has 3 rings (SSSR count). The zero-order valence-corrected chi connectivity index (χ0v) is 9.55. The topological polar surface area (TPSA) is 53.1 Å². The molecular weight excluding hydrogens is 226 g/mol. The Morgan fingerprint density at radius 2 is 1.78 bits per heavy atom. The fraction of sp³-hybridized carbons (Fsp3) is 0. The van der Waals surface area contributed by atoms with Crippen molar-refractivity contribution >= 4 is 10.8 Å². The average Bonchev–Trinajstić information content (AvgIpc) is 2.41. The largest absolute Gasteiger partial charge is 0.503 e. The Morgan fingerprint density at radius 1 is 1.00 bits per heavy atom. The molecule has 2 aromatic carbocycles. The summed E-state index contributed by atoms with van der Waals surface area (Å²) < 4.78 is 0. The quantitative estimate of drug-likeness (QED) is 0.683. The minimum Gasteiger partial charge on any atom is -0.503 e. The van der Waals surface area contributed by atoms with Gasteiger partial charge in [-0.2, -0.15) is 0 Å². The van der Waals surface area contributed by atoms with E-state index in [1.165, 1.54) is 6.07 Å². The number of nitrogens with one attached hydrogen (secondary N) is 1. The van der Waals surface area contributed by atoms with Gasteiger partial charge in [0.05, 0.1) is 0 Å². The summed E-state index contributed by atoms with van der Waals surface area (Å²) in [5, 5.41) is 11.7. The van der Waals surface area contributed by atoms with E-state index in [0.717, 1.165) is 21.9 Å². The summed E-state index contributed by atoms with van der Waals surface area (Å²) in [6.45, 7) is 0. The summed E-state index contributed by atoms with van der Waals surface area (Å²) in [6, 6.07) is 15.4. The van der Waals surface area contributed by atoms with E-state index in [-0.39, 0.29) is 5.75 Å². The van der Waals surface area contributed by atoms with Crippen LogP contribution in [0.5, 0.6) is 5.75 Å². The Bertz CT molecular complexity index is 769. The van der Waals surface area contributed by atoms with Crippen molar-refractivity contribution in [1.29, 1.82) is 0 Å². The van der Waals surface area contributed by atoms with Crippen molar-refractivity contribution in [3.05, 3.63) is 65.1 Å². The van der Waals surface area contributed by atoms with Gasteiger partial charge < -0.3 is 10.1 Å². The molecule has 0 fully saturated rings. The molecule has 0 spiro atoms. The van der Waals surface area contributed by atoms with Crippen molar-refractivity contribution in [2.24, 2.45) is 0 Å². The van der Waals surface area contributed by atoms with Crippen LogP contribution in [0.25, 0.3) is 21.9 Å². The van der Waals surface area contributed by atoms with Crippen LogP contribution in [-0.2, 0) is 0 Å². The molecule has 0 atom stereocenters. The monoisotopic (exact) mass is 237 g/mol. The second-order valence-corrected chi connectivity index (χ2v) is 4.13. The van der Waals surface area contributed by atoms with E-state index in [9.17, 15) is 9.90 Å². The molecule has 2 N–H and O–H groups in total. The maximum atomic E-state index is 11.2. The van der Waals surface area contributed by atoms with Crippen molar-refractivity contribution < 1.29 is 5.11 Å². The third-order valence-corrected chi connectivity index (χ3v) is 2.98. The van der Waals surface area contributed by atoms with Crippen molar-refractivity contribution in [2.75, 3.05) is 0 Å². The third kappa shape index (κ3) is 1.66. The molecule has 0 saturated heterocycles. The van der Waals surface area contributed by atoms with Gasteiger partial charge in [0, 0.05) is 11.8 Å². The molecule has 0 aliphatic heterocycles. The third-order valence-electron chi connectivity index (χ3n) is 2.98. The molecular formula is C15H11NO2. The SMILES string of the molecule is O=c1[nH]cc(-c2cccc3ccccc23)cc1O. The van der Waals surface area contributed by atoms with Crippen LogP contribution in [0.3, 0.4) is 0 Å². The minimum absolute atomic E-state index is 0.263. The van der Waals surface area contributed by atoms with E-state index in [1.807, 2.05) is 42.5 Å². The fourth-order valence-corrected chi connectivity index (χ4v) is 2.10. The lowest BCUT2D eigenvalue weighted by molar-refractivity contribution is 0.467. The maximum Gasteiger partial charge on any atom is 0.290 e. The lowest BCUT2D eigenvalue weighted by Gasteiger charge is -2.06. The first-order valence-electron chi connectivity index (χ1n) is 5.65. The van der Waals surface area contributed by atoms with Crippen LogP contribution in [0, 0.1) is 0 Å². The van der Waals surface area contributed by atoms with Gasteiger partial charge in [-0.3, -0.25) is 4.79 Å². The van der Waals surface area contributed by atoms with Crippen LogP contribution in [-0.4, -0.2) is 10.1 Å². The number of pyridine rings is 1. The molecule has 0 radical (unpaired) electrons. The predicted octanol–water partition coefficient (Wildman–Crippen LogP) is 2.90. The van der Waals surface area contributed by atoms with Gasteiger partial charge in [0.2, 0.25) is 0 Å². The van der Waals surface area contributed by atoms with Crippen LogP contribution in [0.4, 0.5) is 0 Å². The number of aromatic amines is 1. The second-order valence-electron chi connectivity index (χ2n) is 4.13. The Hall–Kier alpha value is -2.55. The molecule has 3 aromatic rings. The highest BCUT2D eigenvalue weighted by Crippen LogP contribution is 2.28. The van der Waals surface area contributed by atoms with Gasteiger partial charge in [0.15, 0.2) is 5.75 Å². The van der Waals surface area contributed by atoms with Crippen LogP contribution in [0.15, 0.2) is 59.5 Å². The fourth-order valence-electron chi connectivity index (χ4n) is 2.10. The molecule has 3 nitrogen and oxygen atoms in total. The Labute approximate surface area is 103 Å². The number of aromatic nitrogens is 1. The molecule has 0 unspecified atom stereocenters. The van der Waals surface area contributed by atoms with E-state index < -0.39 is 5.56 Å². The normalized spacial score (nSPS) is 10.7. The molecule has 0 saturated carbocycles. The summed E-state index contributed by atoms with van der Waals surface area (Å²) in [7, 11) is 0. The van der Waals surface area contributed by atoms with Crippen LogP contribution in [0.1, 0.15) is 0 Å². The van der Waals surface area contributed by atoms with Gasteiger partial charge in [0.25, 0.3) is 5.56 Å². The first-order chi connectivity index (χ1) is 8.75. The van der Waals surface area contributed by atoms with E-state index in [4.69, 9.17) is 0 Å². The number of fused-ring (bicyclic) bond motifs is 1. The van der Waals surface area contributed by atoms with Crippen LogP contribution >= 0.6 is 0 Å². The standard InChI is InChI=1S/C15H11NO2/c17-14-8-11(9-16-15(14)18)13-7-3-5-10-4-1-2-6-12(10)13/h1-9,17H,(H,16,18). The number of hydrogen-bond acceptors (Lipinski definition) is 2. The summed E-state index contributed by atoms with van der Waals surface area (Å²) in [6.07, 6.45) is 1.61. The molecule has 88 valence electrons. The van der Waals surface area contributed by atoms with E-state index >= 15 is 0 Å². The van der Waals surface area contributed by atoms with Crippen molar-refractivity contribution in [1.82, 2.24) is 4.98 Å². The van der Waals surface area contributed by atoms with E-state index in [2.05, 4.69) is 4.98 Å².